The molecule has 2 atom stereocenters. The van der Waals surface area contributed by atoms with E-state index in [1.807, 2.05) is 13.8 Å². The van der Waals surface area contributed by atoms with E-state index in [1.165, 1.54) is 19.3 Å². The normalized spacial score (nSPS) is 22.9. The van der Waals surface area contributed by atoms with Crippen LogP contribution in [0.25, 0.3) is 0 Å². The maximum Gasteiger partial charge on any atom is 0.243 e. The first-order valence-electron chi connectivity index (χ1n) is 8.84. The predicted octanol–water partition coefficient (Wildman–Crippen LogP) is 1.66. The van der Waals surface area contributed by atoms with Crippen LogP contribution in [0.3, 0.4) is 0 Å². The van der Waals surface area contributed by atoms with Crippen molar-refractivity contribution in [2.45, 2.75) is 70.9 Å². The maximum absolute atomic E-state index is 12.8. The van der Waals surface area contributed by atoms with Crippen LogP contribution in [-0.4, -0.2) is 41.9 Å². The van der Waals surface area contributed by atoms with Crippen LogP contribution in [0.5, 0.6) is 0 Å². The van der Waals surface area contributed by atoms with Gasteiger partial charge in [-0.05, 0) is 31.1 Å². The molecule has 126 valence electrons. The molecule has 2 fully saturated rings. The second kappa shape index (κ2) is 7.95. The highest BCUT2D eigenvalue weighted by atomic mass is 16.2. The van der Waals surface area contributed by atoms with Crippen molar-refractivity contribution in [1.82, 2.24) is 10.2 Å². The van der Waals surface area contributed by atoms with Gasteiger partial charge in [-0.25, -0.2) is 0 Å². The Morgan fingerprint density at radius 2 is 1.95 bits per heavy atom. The summed E-state index contributed by atoms with van der Waals surface area (Å²) in [6, 6.07) is -0.306. The SMILES string of the molecule is CC(C)C(C(=O)NC(CN)C1CCCCC1)N1CCCC1=O. The molecule has 5 nitrogen and oxygen atoms in total. The molecule has 1 aliphatic carbocycles. The molecule has 3 N–H and O–H groups in total. The number of amides is 2. The summed E-state index contributed by atoms with van der Waals surface area (Å²) in [5.74, 6) is 0.693. The summed E-state index contributed by atoms with van der Waals surface area (Å²) in [5, 5.41) is 3.16. The monoisotopic (exact) mass is 309 g/mol. The van der Waals surface area contributed by atoms with E-state index in [4.69, 9.17) is 5.73 Å². The van der Waals surface area contributed by atoms with E-state index in [2.05, 4.69) is 5.32 Å². The largest absolute Gasteiger partial charge is 0.350 e. The lowest BCUT2D eigenvalue weighted by atomic mass is 9.83. The number of likely N-dealkylation sites (tertiary alicyclic amines) is 1. The minimum Gasteiger partial charge on any atom is -0.350 e. The molecule has 0 spiro atoms. The summed E-state index contributed by atoms with van der Waals surface area (Å²) >= 11 is 0. The number of nitrogens with one attached hydrogen (secondary N) is 1. The molecular weight excluding hydrogens is 278 g/mol. The Hall–Kier alpha value is -1.10. The Bertz CT molecular complexity index is 391. The first-order valence-corrected chi connectivity index (χ1v) is 8.84. The third-order valence-electron chi connectivity index (χ3n) is 5.15. The standard InChI is InChI=1S/C17H31N3O2/c1-12(2)16(20-10-6-9-15(20)21)17(22)19-14(11-18)13-7-4-3-5-8-13/h12-14,16H,3-11,18H2,1-2H3,(H,19,22). The Balaban J connectivity index is 2.01. The van der Waals surface area contributed by atoms with Gasteiger partial charge >= 0.3 is 0 Å². The van der Waals surface area contributed by atoms with Crippen molar-refractivity contribution in [1.29, 1.82) is 0 Å². The summed E-state index contributed by atoms with van der Waals surface area (Å²) in [5.41, 5.74) is 5.91. The Labute approximate surface area is 134 Å². The van der Waals surface area contributed by atoms with E-state index in [0.717, 1.165) is 19.3 Å². The first kappa shape index (κ1) is 17.3. The van der Waals surface area contributed by atoms with E-state index < -0.39 is 0 Å². The van der Waals surface area contributed by atoms with Crippen LogP contribution in [0, 0.1) is 11.8 Å². The molecule has 2 rings (SSSR count). The van der Waals surface area contributed by atoms with E-state index in [9.17, 15) is 9.59 Å². The van der Waals surface area contributed by atoms with Crippen LogP contribution in [-0.2, 0) is 9.59 Å². The molecule has 2 aliphatic rings. The smallest absolute Gasteiger partial charge is 0.243 e. The van der Waals surface area contributed by atoms with Crippen LogP contribution in [0.1, 0.15) is 58.8 Å². The van der Waals surface area contributed by atoms with E-state index in [1.54, 1.807) is 4.90 Å². The number of nitrogens with zero attached hydrogens (tertiary/aromatic N) is 1. The highest BCUT2D eigenvalue weighted by molar-refractivity contribution is 5.89. The fourth-order valence-electron chi connectivity index (χ4n) is 3.94. The van der Waals surface area contributed by atoms with Gasteiger partial charge in [0.15, 0.2) is 0 Å². The molecule has 1 saturated heterocycles. The van der Waals surface area contributed by atoms with Crippen LogP contribution < -0.4 is 11.1 Å². The fraction of sp³-hybridized carbons (Fsp3) is 0.882. The summed E-state index contributed by atoms with van der Waals surface area (Å²) in [6.07, 6.45) is 7.48. The molecule has 2 amide bonds. The zero-order valence-electron chi connectivity index (χ0n) is 14.0. The molecule has 1 heterocycles. The van der Waals surface area contributed by atoms with E-state index >= 15 is 0 Å². The molecule has 0 aromatic carbocycles. The lowest BCUT2D eigenvalue weighted by molar-refractivity contribution is -0.139. The van der Waals surface area contributed by atoms with Gasteiger partial charge in [0.25, 0.3) is 0 Å². The lowest BCUT2D eigenvalue weighted by Crippen LogP contribution is -2.55. The second-order valence-electron chi connectivity index (χ2n) is 7.13. The predicted molar refractivity (Wildman–Crippen MR) is 87.1 cm³/mol. The highest BCUT2D eigenvalue weighted by Crippen LogP contribution is 2.27. The Kier molecular flexibility index (Phi) is 6.24. The van der Waals surface area contributed by atoms with Crippen LogP contribution in [0.15, 0.2) is 0 Å². The molecule has 2 unspecified atom stereocenters. The van der Waals surface area contributed by atoms with Crippen LogP contribution >= 0.6 is 0 Å². The highest BCUT2D eigenvalue weighted by Gasteiger charge is 2.36. The number of carbonyl (C=O) groups excluding carboxylic acids is 2. The van der Waals surface area contributed by atoms with Gasteiger partial charge in [-0.2, -0.15) is 0 Å². The minimum atomic E-state index is -0.354. The van der Waals surface area contributed by atoms with Gasteiger partial charge in [0.1, 0.15) is 6.04 Å². The van der Waals surface area contributed by atoms with Crippen LogP contribution in [0.2, 0.25) is 0 Å². The summed E-state index contributed by atoms with van der Waals surface area (Å²) in [7, 11) is 0. The molecule has 1 saturated carbocycles. The molecule has 0 aromatic heterocycles. The number of hydrogen-bond donors (Lipinski definition) is 2. The quantitative estimate of drug-likeness (QED) is 0.783. The number of nitrogens with two attached hydrogens (primary N) is 1. The van der Waals surface area contributed by atoms with Crippen LogP contribution in [0.4, 0.5) is 0 Å². The van der Waals surface area contributed by atoms with E-state index in [-0.39, 0.29) is 29.8 Å². The zero-order chi connectivity index (χ0) is 16.1. The molecule has 22 heavy (non-hydrogen) atoms. The summed E-state index contributed by atoms with van der Waals surface area (Å²) < 4.78 is 0. The van der Waals surface area contributed by atoms with Crippen molar-refractivity contribution < 1.29 is 9.59 Å². The Morgan fingerprint density at radius 3 is 2.45 bits per heavy atom. The zero-order valence-corrected chi connectivity index (χ0v) is 14.0. The molecule has 5 heteroatoms. The van der Waals surface area contributed by atoms with Gasteiger partial charge in [0, 0.05) is 25.6 Å². The summed E-state index contributed by atoms with van der Waals surface area (Å²) in [4.78, 5) is 26.5. The van der Waals surface area contributed by atoms with Crippen molar-refractivity contribution in [3.63, 3.8) is 0 Å². The third kappa shape index (κ3) is 4.00. The first-order chi connectivity index (χ1) is 10.5. The Morgan fingerprint density at radius 1 is 1.27 bits per heavy atom. The third-order valence-corrected chi connectivity index (χ3v) is 5.15. The van der Waals surface area contributed by atoms with Crippen molar-refractivity contribution in [3.05, 3.63) is 0 Å². The van der Waals surface area contributed by atoms with Crippen molar-refractivity contribution in [2.24, 2.45) is 17.6 Å². The van der Waals surface area contributed by atoms with Crippen molar-refractivity contribution in [3.8, 4) is 0 Å². The molecule has 0 radical (unpaired) electrons. The molecule has 1 aliphatic heterocycles. The fourth-order valence-corrected chi connectivity index (χ4v) is 3.94. The van der Waals surface area contributed by atoms with Gasteiger partial charge < -0.3 is 16.0 Å². The lowest BCUT2D eigenvalue weighted by Gasteiger charge is -2.34. The average Bonchev–Trinajstić information content (AvgIpc) is 2.91. The van der Waals surface area contributed by atoms with E-state index in [0.29, 0.717) is 25.4 Å². The average molecular weight is 309 g/mol. The topological polar surface area (TPSA) is 75.4 Å². The summed E-state index contributed by atoms with van der Waals surface area (Å²) in [6.45, 7) is 5.20. The second-order valence-corrected chi connectivity index (χ2v) is 7.13. The maximum atomic E-state index is 12.8. The molecule has 0 bridgehead atoms. The van der Waals surface area contributed by atoms with Gasteiger partial charge in [-0.1, -0.05) is 33.1 Å². The minimum absolute atomic E-state index is 0.0220. The van der Waals surface area contributed by atoms with Gasteiger partial charge in [-0.3, -0.25) is 9.59 Å². The van der Waals surface area contributed by atoms with Gasteiger partial charge in [0.05, 0.1) is 0 Å². The molecular formula is C17H31N3O2. The van der Waals surface area contributed by atoms with Gasteiger partial charge in [-0.15, -0.1) is 0 Å². The van der Waals surface area contributed by atoms with Crippen molar-refractivity contribution >= 4 is 11.8 Å². The number of hydrogen-bond acceptors (Lipinski definition) is 3. The number of carbonyl (C=O) groups is 2. The number of rotatable bonds is 6. The molecule has 0 aromatic rings. The van der Waals surface area contributed by atoms with Crippen molar-refractivity contribution in [2.75, 3.05) is 13.1 Å². The van der Waals surface area contributed by atoms with Gasteiger partial charge in [0.2, 0.25) is 11.8 Å².